The van der Waals surface area contributed by atoms with Gasteiger partial charge >= 0.3 is 0 Å². The summed E-state index contributed by atoms with van der Waals surface area (Å²) in [5, 5.41) is 9.19. The van der Waals surface area contributed by atoms with E-state index in [1.165, 1.54) is 24.3 Å². The summed E-state index contributed by atoms with van der Waals surface area (Å²) in [6, 6.07) is 4.12. The molecule has 0 saturated heterocycles. The van der Waals surface area contributed by atoms with Crippen LogP contribution in [0.2, 0.25) is 0 Å². The second-order valence-electron chi connectivity index (χ2n) is 3.21. The first kappa shape index (κ1) is 9.92. The van der Waals surface area contributed by atoms with Crippen LogP contribution in [0, 0.1) is 0 Å². The van der Waals surface area contributed by atoms with Gasteiger partial charge in [0, 0.05) is 6.42 Å². The second kappa shape index (κ2) is 3.20. The first-order chi connectivity index (χ1) is 7.05. The highest BCUT2D eigenvalue weighted by atomic mass is 32.2. The fourth-order valence-corrected chi connectivity index (χ4v) is 3.08. The lowest BCUT2D eigenvalue weighted by atomic mass is 10.2. The molecule has 4 nitrogen and oxygen atoms in total. The number of aldehydes is 1. The van der Waals surface area contributed by atoms with Gasteiger partial charge in [-0.25, -0.2) is 8.42 Å². The zero-order valence-electron chi connectivity index (χ0n) is 7.67. The molecule has 0 bridgehead atoms. The van der Waals surface area contributed by atoms with E-state index in [9.17, 15) is 18.3 Å². The molecule has 0 spiro atoms. The van der Waals surface area contributed by atoms with Crippen LogP contribution in [0.15, 0.2) is 28.0 Å². The molecule has 0 unspecified atom stereocenters. The minimum atomic E-state index is -3.56. The standard InChI is InChI=1S/C10H8O4S/c11-4-3-9-5-7-1-2-8(12)6-10(7)15(9,13)14/h1-2,4-6,12H,3H2. The van der Waals surface area contributed by atoms with Crippen LogP contribution in [0.4, 0.5) is 0 Å². The zero-order chi connectivity index (χ0) is 11.1. The van der Waals surface area contributed by atoms with Gasteiger partial charge in [-0.15, -0.1) is 0 Å². The van der Waals surface area contributed by atoms with Crippen LogP contribution in [-0.4, -0.2) is 19.8 Å². The smallest absolute Gasteiger partial charge is 0.203 e. The third-order valence-corrected chi connectivity index (χ3v) is 4.14. The van der Waals surface area contributed by atoms with Gasteiger partial charge in [-0.2, -0.15) is 0 Å². The van der Waals surface area contributed by atoms with Crippen molar-refractivity contribution in [2.45, 2.75) is 11.3 Å². The normalized spacial score (nSPS) is 16.9. The van der Waals surface area contributed by atoms with Crippen molar-refractivity contribution in [3.05, 3.63) is 28.7 Å². The number of sulfone groups is 1. The molecule has 1 aromatic rings. The fraction of sp³-hybridized carbons (Fsp3) is 0.100. The summed E-state index contributed by atoms with van der Waals surface area (Å²) in [4.78, 5) is 10.5. The molecule has 1 heterocycles. The number of allylic oxidation sites excluding steroid dienone is 1. The Kier molecular flexibility index (Phi) is 2.12. The lowest BCUT2D eigenvalue weighted by Crippen LogP contribution is -2.00. The highest BCUT2D eigenvalue weighted by Crippen LogP contribution is 2.35. The summed E-state index contributed by atoms with van der Waals surface area (Å²) >= 11 is 0. The molecule has 1 N–H and O–H groups in total. The largest absolute Gasteiger partial charge is 0.508 e. The predicted octanol–water partition coefficient (Wildman–Crippen LogP) is 1.11. The molecule has 0 aliphatic carbocycles. The fourth-order valence-electron chi connectivity index (χ4n) is 1.52. The number of benzene rings is 1. The minimum absolute atomic E-state index is 0.0688. The number of phenols is 1. The molecule has 15 heavy (non-hydrogen) atoms. The highest BCUT2D eigenvalue weighted by molar-refractivity contribution is 7.95. The van der Waals surface area contributed by atoms with Gasteiger partial charge in [0.1, 0.15) is 12.0 Å². The number of carbonyl (C=O) groups excluding carboxylic acids is 1. The van der Waals surface area contributed by atoms with Crippen molar-refractivity contribution >= 4 is 22.2 Å². The van der Waals surface area contributed by atoms with Crippen molar-refractivity contribution in [3.63, 3.8) is 0 Å². The van der Waals surface area contributed by atoms with Crippen LogP contribution in [0.1, 0.15) is 12.0 Å². The molecule has 2 rings (SSSR count). The van der Waals surface area contributed by atoms with Gasteiger partial charge in [-0.05, 0) is 29.8 Å². The molecular weight excluding hydrogens is 216 g/mol. The van der Waals surface area contributed by atoms with E-state index in [1.54, 1.807) is 0 Å². The summed E-state index contributed by atoms with van der Waals surface area (Å²) < 4.78 is 23.6. The molecule has 1 aliphatic heterocycles. The summed E-state index contributed by atoms with van der Waals surface area (Å²) in [6.45, 7) is 0. The van der Waals surface area contributed by atoms with E-state index in [-0.39, 0.29) is 22.0 Å². The molecule has 0 fully saturated rings. The first-order valence-electron chi connectivity index (χ1n) is 4.28. The monoisotopic (exact) mass is 224 g/mol. The Bertz CT molecular complexity index is 555. The van der Waals surface area contributed by atoms with Crippen molar-refractivity contribution in [3.8, 4) is 5.75 Å². The molecule has 78 valence electrons. The van der Waals surface area contributed by atoms with Gasteiger partial charge in [0.25, 0.3) is 0 Å². The van der Waals surface area contributed by atoms with E-state index in [4.69, 9.17) is 0 Å². The van der Waals surface area contributed by atoms with Crippen LogP contribution in [0.25, 0.3) is 6.08 Å². The van der Waals surface area contributed by atoms with Gasteiger partial charge in [0.15, 0.2) is 0 Å². The van der Waals surface area contributed by atoms with E-state index in [2.05, 4.69) is 0 Å². The van der Waals surface area contributed by atoms with Crippen LogP contribution in [0.5, 0.6) is 5.75 Å². The van der Waals surface area contributed by atoms with Gasteiger partial charge in [-0.1, -0.05) is 0 Å². The number of aromatic hydroxyl groups is 1. The van der Waals surface area contributed by atoms with Crippen LogP contribution >= 0.6 is 0 Å². The molecule has 0 aromatic heterocycles. The third-order valence-electron chi connectivity index (χ3n) is 2.23. The van der Waals surface area contributed by atoms with Crippen molar-refractivity contribution in [1.82, 2.24) is 0 Å². The topological polar surface area (TPSA) is 71.4 Å². The lowest BCUT2D eigenvalue weighted by molar-refractivity contribution is -0.107. The zero-order valence-corrected chi connectivity index (χ0v) is 8.49. The molecule has 1 aliphatic rings. The Morgan fingerprint density at radius 3 is 2.73 bits per heavy atom. The van der Waals surface area contributed by atoms with Gasteiger partial charge in [-0.3, -0.25) is 0 Å². The number of carbonyl (C=O) groups is 1. The summed E-state index contributed by atoms with van der Waals surface area (Å²) in [5.74, 6) is -0.0990. The number of phenolic OH excluding ortho intramolecular Hbond substituents is 1. The molecule has 0 saturated carbocycles. The average Bonchev–Trinajstić information content (AvgIpc) is 2.41. The quantitative estimate of drug-likeness (QED) is 0.764. The Labute approximate surface area is 86.8 Å². The van der Waals surface area contributed by atoms with Crippen LogP contribution in [-0.2, 0) is 14.6 Å². The molecule has 5 heteroatoms. The van der Waals surface area contributed by atoms with Gasteiger partial charge in [0.05, 0.1) is 9.80 Å². The molecule has 1 aromatic carbocycles. The summed E-state index contributed by atoms with van der Waals surface area (Å²) in [7, 11) is -3.56. The molecule has 0 radical (unpaired) electrons. The van der Waals surface area contributed by atoms with E-state index in [0.29, 0.717) is 11.8 Å². The highest BCUT2D eigenvalue weighted by Gasteiger charge is 2.29. The average molecular weight is 224 g/mol. The third kappa shape index (κ3) is 1.45. The van der Waals surface area contributed by atoms with Crippen molar-refractivity contribution in [1.29, 1.82) is 0 Å². The molecule has 0 atom stereocenters. The maximum atomic E-state index is 11.8. The van der Waals surface area contributed by atoms with E-state index in [0.717, 1.165) is 0 Å². The molecule has 0 amide bonds. The van der Waals surface area contributed by atoms with Gasteiger partial charge in [0.2, 0.25) is 9.84 Å². The Morgan fingerprint density at radius 2 is 2.07 bits per heavy atom. The van der Waals surface area contributed by atoms with Crippen LogP contribution < -0.4 is 0 Å². The van der Waals surface area contributed by atoms with Crippen molar-refractivity contribution in [2.24, 2.45) is 0 Å². The van der Waals surface area contributed by atoms with E-state index < -0.39 is 9.84 Å². The Morgan fingerprint density at radius 1 is 1.33 bits per heavy atom. The minimum Gasteiger partial charge on any atom is -0.508 e. The number of hydrogen-bond donors (Lipinski definition) is 1. The summed E-state index contributed by atoms with van der Waals surface area (Å²) in [5.41, 5.74) is 0.518. The first-order valence-corrected chi connectivity index (χ1v) is 5.76. The predicted molar refractivity (Wildman–Crippen MR) is 54.0 cm³/mol. The van der Waals surface area contributed by atoms with Gasteiger partial charge < -0.3 is 9.90 Å². The Balaban J connectivity index is 2.63. The van der Waals surface area contributed by atoms with E-state index >= 15 is 0 Å². The Hall–Kier alpha value is -1.62. The van der Waals surface area contributed by atoms with Crippen molar-refractivity contribution < 1.29 is 18.3 Å². The van der Waals surface area contributed by atoms with Crippen LogP contribution in [0.3, 0.4) is 0 Å². The summed E-state index contributed by atoms with van der Waals surface area (Å²) in [6.07, 6.45) is 1.88. The maximum absolute atomic E-state index is 11.8. The lowest BCUT2D eigenvalue weighted by Gasteiger charge is -2.00. The number of fused-ring (bicyclic) bond motifs is 1. The second-order valence-corrected chi connectivity index (χ2v) is 5.18. The van der Waals surface area contributed by atoms with Crippen molar-refractivity contribution in [2.75, 3.05) is 0 Å². The number of rotatable bonds is 2. The number of hydrogen-bond acceptors (Lipinski definition) is 4. The maximum Gasteiger partial charge on any atom is 0.203 e. The van der Waals surface area contributed by atoms with E-state index in [1.807, 2.05) is 0 Å². The molecular formula is C10H8O4S. The SMILES string of the molecule is O=CCC1=Cc2ccc(O)cc2S1(=O)=O.